The number of benzene rings is 1. The maximum atomic E-state index is 12.9. The second-order valence-corrected chi connectivity index (χ2v) is 6.90. The van der Waals surface area contributed by atoms with Crippen molar-refractivity contribution >= 4 is 11.9 Å². The quantitative estimate of drug-likeness (QED) is 0.931. The molecule has 3 rings (SSSR count). The van der Waals surface area contributed by atoms with Crippen LogP contribution >= 0.6 is 0 Å². The van der Waals surface area contributed by atoms with E-state index < -0.39 is 12.0 Å². The number of aryl methyl sites for hydroxylation is 2. The molecule has 25 heavy (non-hydrogen) atoms. The van der Waals surface area contributed by atoms with Gasteiger partial charge < -0.3 is 10.0 Å². The molecule has 0 saturated carbocycles. The van der Waals surface area contributed by atoms with Crippen molar-refractivity contribution in [2.75, 3.05) is 6.54 Å². The number of likely N-dealkylation sites (tertiary alicyclic amines) is 1. The maximum absolute atomic E-state index is 12.9. The molecule has 1 N–H and O–H groups in total. The van der Waals surface area contributed by atoms with Gasteiger partial charge in [0.2, 0.25) is 0 Å². The summed E-state index contributed by atoms with van der Waals surface area (Å²) in [5.41, 5.74) is 3.16. The molecule has 2 heterocycles. The van der Waals surface area contributed by atoms with E-state index in [1.807, 2.05) is 45.0 Å². The Morgan fingerprint density at radius 1 is 1.20 bits per heavy atom. The van der Waals surface area contributed by atoms with Gasteiger partial charge in [-0.1, -0.05) is 24.6 Å². The van der Waals surface area contributed by atoms with Crippen LogP contribution in [0.1, 0.15) is 41.5 Å². The van der Waals surface area contributed by atoms with Crippen LogP contribution in [0, 0.1) is 19.8 Å². The highest BCUT2D eigenvalue weighted by Crippen LogP contribution is 2.25. The molecule has 1 fully saturated rings. The summed E-state index contributed by atoms with van der Waals surface area (Å²) in [5.74, 6) is -0.958. The summed E-state index contributed by atoms with van der Waals surface area (Å²) < 4.78 is 1.72. The number of aliphatic carboxylic acids is 1. The molecule has 1 aromatic heterocycles. The van der Waals surface area contributed by atoms with Gasteiger partial charge in [-0.2, -0.15) is 5.10 Å². The third-order valence-corrected chi connectivity index (χ3v) is 4.80. The van der Waals surface area contributed by atoms with Gasteiger partial charge >= 0.3 is 5.97 Å². The van der Waals surface area contributed by atoms with Crippen molar-refractivity contribution in [1.29, 1.82) is 0 Å². The minimum Gasteiger partial charge on any atom is -0.480 e. The first-order chi connectivity index (χ1) is 11.9. The van der Waals surface area contributed by atoms with Gasteiger partial charge in [-0.15, -0.1) is 0 Å². The Hall–Kier alpha value is -2.63. The van der Waals surface area contributed by atoms with Gasteiger partial charge in [-0.25, -0.2) is 9.48 Å². The summed E-state index contributed by atoms with van der Waals surface area (Å²) in [6, 6.07) is 8.83. The fraction of sp³-hybridized carbons (Fsp3) is 0.421. The number of amides is 1. The average Bonchev–Trinajstić information content (AvgIpc) is 2.96. The molecule has 0 bridgehead atoms. The molecule has 1 aliphatic rings. The lowest BCUT2D eigenvalue weighted by molar-refractivity contribution is -0.144. The number of nitrogens with zero attached hydrogens (tertiary/aromatic N) is 3. The number of carboxylic acids is 1. The summed E-state index contributed by atoms with van der Waals surface area (Å²) in [5, 5.41) is 13.9. The molecular formula is C19H23N3O3. The van der Waals surface area contributed by atoms with Gasteiger partial charge in [0.1, 0.15) is 6.04 Å². The van der Waals surface area contributed by atoms with Crippen LogP contribution in [0.4, 0.5) is 0 Å². The van der Waals surface area contributed by atoms with Crippen LogP contribution < -0.4 is 0 Å². The summed E-state index contributed by atoms with van der Waals surface area (Å²) in [7, 11) is 0. The first-order valence-corrected chi connectivity index (χ1v) is 8.54. The number of rotatable bonds is 3. The monoisotopic (exact) mass is 341 g/mol. The summed E-state index contributed by atoms with van der Waals surface area (Å²) >= 11 is 0. The lowest BCUT2D eigenvalue weighted by Gasteiger charge is -2.35. The summed E-state index contributed by atoms with van der Waals surface area (Å²) in [6.07, 6.45) is 1.30. The number of hydrogen-bond donors (Lipinski definition) is 1. The fourth-order valence-corrected chi connectivity index (χ4v) is 3.29. The Bertz CT molecular complexity index is 795. The molecular weight excluding hydrogens is 318 g/mol. The van der Waals surface area contributed by atoms with Gasteiger partial charge in [0.15, 0.2) is 5.69 Å². The van der Waals surface area contributed by atoms with E-state index in [0.29, 0.717) is 24.6 Å². The smallest absolute Gasteiger partial charge is 0.326 e. The second kappa shape index (κ2) is 6.70. The molecule has 132 valence electrons. The Kier molecular flexibility index (Phi) is 4.61. The highest BCUT2D eigenvalue weighted by Gasteiger charge is 2.36. The van der Waals surface area contributed by atoms with Gasteiger partial charge in [0.25, 0.3) is 5.91 Å². The topological polar surface area (TPSA) is 75.4 Å². The normalized spacial score (nSPS) is 20.5. The van der Waals surface area contributed by atoms with Crippen molar-refractivity contribution in [3.8, 4) is 5.69 Å². The van der Waals surface area contributed by atoms with Crippen LogP contribution in [-0.4, -0.2) is 44.3 Å². The highest BCUT2D eigenvalue weighted by atomic mass is 16.4. The maximum Gasteiger partial charge on any atom is 0.326 e. The number of aromatic nitrogens is 2. The first kappa shape index (κ1) is 17.2. The van der Waals surface area contributed by atoms with E-state index in [1.54, 1.807) is 10.7 Å². The van der Waals surface area contributed by atoms with Crippen molar-refractivity contribution < 1.29 is 14.7 Å². The van der Waals surface area contributed by atoms with Gasteiger partial charge in [0.05, 0.1) is 5.69 Å². The van der Waals surface area contributed by atoms with Crippen LogP contribution in [0.5, 0.6) is 0 Å². The van der Waals surface area contributed by atoms with E-state index in [0.717, 1.165) is 23.4 Å². The van der Waals surface area contributed by atoms with Gasteiger partial charge in [0, 0.05) is 12.2 Å². The Morgan fingerprint density at radius 2 is 1.88 bits per heavy atom. The largest absolute Gasteiger partial charge is 0.480 e. The van der Waals surface area contributed by atoms with Crippen molar-refractivity contribution in [2.24, 2.45) is 5.92 Å². The zero-order chi connectivity index (χ0) is 18.1. The number of hydrogen-bond acceptors (Lipinski definition) is 3. The number of carboxylic acid groups (broad SMARTS) is 1. The second-order valence-electron chi connectivity index (χ2n) is 6.90. The molecule has 1 saturated heterocycles. The van der Waals surface area contributed by atoms with E-state index in [9.17, 15) is 14.7 Å². The summed E-state index contributed by atoms with van der Waals surface area (Å²) in [6.45, 7) is 6.37. The third kappa shape index (κ3) is 3.43. The molecule has 6 heteroatoms. The predicted molar refractivity (Wildman–Crippen MR) is 93.9 cm³/mol. The SMILES string of the molecule is Cc1ccc(-n2nc(C(=O)N3CCC(C)CC3C(=O)O)cc2C)cc1. The zero-order valence-corrected chi connectivity index (χ0v) is 14.8. The van der Waals surface area contributed by atoms with Crippen LogP contribution in [0.15, 0.2) is 30.3 Å². The molecule has 6 nitrogen and oxygen atoms in total. The number of carbonyl (C=O) groups excluding carboxylic acids is 1. The van der Waals surface area contributed by atoms with Gasteiger partial charge in [-0.3, -0.25) is 4.79 Å². The molecule has 1 amide bonds. The van der Waals surface area contributed by atoms with Crippen LogP contribution in [0.2, 0.25) is 0 Å². The van der Waals surface area contributed by atoms with Crippen molar-refractivity contribution in [3.63, 3.8) is 0 Å². The van der Waals surface area contributed by atoms with Crippen molar-refractivity contribution in [3.05, 3.63) is 47.3 Å². The molecule has 0 spiro atoms. The third-order valence-electron chi connectivity index (χ3n) is 4.80. The number of piperidine rings is 1. The average molecular weight is 341 g/mol. The Balaban J connectivity index is 1.89. The molecule has 2 aromatic rings. The molecule has 2 atom stereocenters. The molecule has 1 aromatic carbocycles. The minimum atomic E-state index is -0.949. The van der Waals surface area contributed by atoms with E-state index in [4.69, 9.17) is 0 Å². The molecule has 0 aliphatic carbocycles. The van der Waals surface area contributed by atoms with E-state index >= 15 is 0 Å². The Morgan fingerprint density at radius 3 is 2.52 bits per heavy atom. The van der Waals surface area contributed by atoms with Crippen LogP contribution in [0.25, 0.3) is 5.69 Å². The zero-order valence-electron chi connectivity index (χ0n) is 14.8. The van der Waals surface area contributed by atoms with Gasteiger partial charge in [-0.05, 0) is 50.8 Å². The minimum absolute atomic E-state index is 0.291. The number of carbonyl (C=O) groups is 2. The molecule has 0 radical (unpaired) electrons. The summed E-state index contributed by atoms with van der Waals surface area (Å²) in [4.78, 5) is 25.9. The van der Waals surface area contributed by atoms with Crippen LogP contribution in [-0.2, 0) is 4.79 Å². The fourth-order valence-electron chi connectivity index (χ4n) is 3.29. The van der Waals surface area contributed by atoms with Crippen molar-refractivity contribution in [2.45, 2.75) is 39.7 Å². The first-order valence-electron chi connectivity index (χ1n) is 8.54. The Labute approximate surface area is 147 Å². The van der Waals surface area contributed by atoms with E-state index in [1.165, 1.54) is 4.90 Å². The lowest BCUT2D eigenvalue weighted by atomic mass is 9.92. The predicted octanol–water partition coefficient (Wildman–Crippen LogP) is 2.81. The molecule has 1 aliphatic heterocycles. The standard InChI is InChI=1S/C19H23N3O3/c1-12-4-6-15(7-5-12)22-14(3)11-16(20-22)18(23)21-9-8-13(2)10-17(21)19(24)25/h4-7,11,13,17H,8-10H2,1-3H3,(H,24,25). The van der Waals surface area contributed by atoms with E-state index in [2.05, 4.69) is 5.10 Å². The highest BCUT2D eigenvalue weighted by molar-refractivity contribution is 5.95. The lowest BCUT2D eigenvalue weighted by Crippen LogP contribution is -2.49. The van der Waals surface area contributed by atoms with Crippen LogP contribution in [0.3, 0.4) is 0 Å². The molecule has 2 unspecified atom stereocenters. The van der Waals surface area contributed by atoms with Crippen molar-refractivity contribution in [1.82, 2.24) is 14.7 Å². The van der Waals surface area contributed by atoms with E-state index in [-0.39, 0.29) is 5.91 Å².